The third kappa shape index (κ3) is 6.30. The van der Waals surface area contributed by atoms with E-state index in [2.05, 4.69) is 26.5 Å². The van der Waals surface area contributed by atoms with E-state index in [0.29, 0.717) is 15.2 Å². The van der Waals surface area contributed by atoms with Crippen molar-refractivity contribution in [2.24, 2.45) is 5.10 Å². The van der Waals surface area contributed by atoms with Crippen LogP contribution in [-0.2, 0) is 4.79 Å². The van der Waals surface area contributed by atoms with Crippen LogP contribution in [0.4, 0.5) is 5.69 Å². The van der Waals surface area contributed by atoms with E-state index in [1.807, 2.05) is 0 Å². The number of non-ortho nitro benzene ring substituents is 1. The molecule has 7 nitrogen and oxygen atoms in total. The van der Waals surface area contributed by atoms with Crippen molar-refractivity contribution < 1.29 is 14.5 Å². The Hall–Kier alpha value is -2.71. The molecule has 0 fully saturated rings. The normalized spacial score (nSPS) is 11.0. The van der Waals surface area contributed by atoms with Crippen molar-refractivity contribution in [3.63, 3.8) is 0 Å². The van der Waals surface area contributed by atoms with Crippen LogP contribution in [0.2, 0.25) is 5.02 Å². The third-order valence-electron chi connectivity index (χ3n) is 3.00. The van der Waals surface area contributed by atoms with Gasteiger partial charge in [0.2, 0.25) is 0 Å². The number of nitro benzene ring substituents is 1. The second-order valence-corrected chi connectivity index (χ2v) is 6.18. The summed E-state index contributed by atoms with van der Waals surface area (Å²) in [7, 11) is 0. The molecule has 134 valence electrons. The molecule has 0 aliphatic carbocycles. The third-order valence-corrected chi connectivity index (χ3v) is 3.85. The number of rotatable bonds is 7. The van der Waals surface area contributed by atoms with Crippen molar-refractivity contribution in [1.29, 1.82) is 0 Å². The number of benzene rings is 2. The van der Waals surface area contributed by atoms with Crippen molar-refractivity contribution in [2.75, 3.05) is 6.61 Å². The highest BCUT2D eigenvalue weighted by Crippen LogP contribution is 2.27. The van der Waals surface area contributed by atoms with Gasteiger partial charge < -0.3 is 4.74 Å². The summed E-state index contributed by atoms with van der Waals surface area (Å²) < 4.78 is 5.99. The van der Waals surface area contributed by atoms with Crippen molar-refractivity contribution in [1.82, 2.24) is 5.43 Å². The lowest BCUT2D eigenvalue weighted by Gasteiger charge is -2.07. The molecular weight excluding hydrogens is 426 g/mol. The minimum absolute atomic E-state index is 0.0235. The van der Waals surface area contributed by atoms with Crippen molar-refractivity contribution in [3.05, 3.63) is 73.7 Å². The highest BCUT2D eigenvalue weighted by Gasteiger charge is 2.05. The van der Waals surface area contributed by atoms with Crippen molar-refractivity contribution in [2.45, 2.75) is 0 Å². The SMILES string of the molecule is O=C(COc1ccc(Cl)cc1Br)NN=CC=Cc1ccc([N+](=O)[O-])cc1. The number of hydrogen-bond donors (Lipinski definition) is 1. The summed E-state index contributed by atoms with van der Waals surface area (Å²) in [5, 5.41) is 14.9. The van der Waals surface area contributed by atoms with E-state index in [9.17, 15) is 14.9 Å². The zero-order valence-electron chi connectivity index (χ0n) is 13.3. The van der Waals surface area contributed by atoms with E-state index >= 15 is 0 Å². The van der Waals surface area contributed by atoms with Crippen LogP contribution in [-0.4, -0.2) is 23.7 Å². The van der Waals surface area contributed by atoms with Crippen LogP contribution in [0, 0.1) is 10.1 Å². The van der Waals surface area contributed by atoms with E-state index < -0.39 is 10.8 Å². The lowest BCUT2D eigenvalue weighted by Crippen LogP contribution is -2.24. The van der Waals surface area contributed by atoms with E-state index in [4.69, 9.17) is 16.3 Å². The fourth-order valence-electron chi connectivity index (χ4n) is 1.78. The highest BCUT2D eigenvalue weighted by atomic mass is 79.9. The van der Waals surface area contributed by atoms with Gasteiger partial charge in [-0.1, -0.05) is 17.7 Å². The van der Waals surface area contributed by atoms with Gasteiger partial charge in [0, 0.05) is 23.4 Å². The zero-order chi connectivity index (χ0) is 18.9. The Morgan fingerprint density at radius 1 is 1.31 bits per heavy atom. The number of carbonyl (C=O) groups is 1. The van der Waals surface area contributed by atoms with Gasteiger partial charge in [0.1, 0.15) is 5.75 Å². The molecule has 0 aliphatic rings. The average Bonchev–Trinajstić information content (AvgIpc) is 2.61. The molecule has 0 aliphatic heterocycles. The molecule has 1 N–H and O–H groups in total. The van der Waals surface area contributed by atoms with Gasteiger partial charge >= 0.3 is 0 Å². The Bertz CT molecular complexity index is 854. The predicted molar refractivity (Wildman–Crippen MR) is 103 cm³/mol. The quantitative estimate of drug-likeness (QED) is 0.398. The Labute approximate surface area is 162 Å². The fraction of sp³-hybridized carbons (Fsp3) is 0.0588. The molecule has 0 unspecified atom stereocenters. The van der Waals surface area contributed by atoms with E-state index in [1.54, 1.807) is 42.5 Å². The van der Waals surface area contributed by atoms with Crippen LogP contribution in [0.1, 0.15) is 5.56 Å². The van der Waals surface area contributed by atoms with Gasteiger partial charge in [-0.05, 0) is 57.9 Å². The number of nitrogens with one attached hydrogen (secondary N) is 1. The van der Waals surface area contributed by atoms with E-state index in [1.165, 1.54) is 18.3 Å². The number of nitro groups is 1. The summed E-state index contributed by atoms with van der Waals surface area (Å²) >= 11 is 9.11. The Morgan fingerprint density at radius 3 is 2.69 bits per heavy atom. The highest BCUT2D eigenvalue weighted by molar-refractivity contribution is 9.10. The van der Waals surface area contributed by atoms with Crippen LogP contribution in [0.3, 0.4) is 0 Å². The lowest BCUT2D eigenvalue weighted by molar-refractivity contribution is -0.384. The zero-order valence-corrected chi connectivity index (χ0v) is 15.6. The first kappa shape index (κ1) is 19.6. The van der Waals surface area contributed by atoms with E-state index in [-0.39, 0.29) is 12.3 Å². The van der Waals surface area contributed by atoms with Crippen LogP contribution in [0.15, 0.2) is 58.1 Å². The minimum atomic E-state index is -0.463. The second-order valence-electron chi connectivity index (χ2n) is 4.88. The molecule has 0 radical (unpaired) electrons. The van der Waals surface area contributed by atoms with Crippen LogP contribution >= 0.6 is 27.5 Å². The fourth-order valence-corrected chi connectivity index (χ4v) is 2.58. The summed E-state index contributed by atoms with van der Waals surface area (Å²) in [6, 6.07) is 11.0. The molecule has 0 atom stereocenters. The van der Waals surface area contributed by atoms with Gasteiger partial charge in [0.15, 0.2) is 6.61 Å². The lowest BCUT2D eigenvalue weighted by atomic mass is 10.2. The van der Waals surface area contributed by atoms with Crippen molar-refractivity contribution in [3.8, 4) is 5.75 Å². The molecule has 0 saturated carbocycles. The van der Waals surface area contributed by atoms with Crippen LogP contribution in [0.5, 0.6) is 5.75 Å². The molecule has 0 spiro atoms. The van der Waals surface area contributed by atoms with E-state index in [0.717, 1.165) is 5.56 Å². The molecule has 26 heavy (non-hydrogen) atoms. The summed E-state index contributed by atoms with van der Waals surface area (Å²) in [5.74, 6) is 0.0680. The standard InChI is InChI=1S/C17H13BrClN3O4/c18-15-10-13(19)5-8-16(15)26-11-17(23)21-20-9-1-2-12-3-6-14(7-4-12)22(24)25/h1-10H,11H2,(H,21,23). The minimum Gasteiger partial charge on any atom is -0.483 e. The summed E-state index contributed by atoms with van der Waals surface area (Å²) in [6.07, 6.45) is 4.68. The first-order chi connectivity index (χ1) is 12.5. The smallest absolute Gasteiger partial charge is 0.277 e. The topological polar surface area (TPSA) is 93.8 Å². The van der Waals surface area contributed by atoms with Gasteiger partial charge in [-0.15, -0.1) is 0 Å². The number of halogens is 2. The summed E-state index contributed by atoms with van der Waals surface area (Å²) in [6.45, 7) is -0.205. The molecule has 1 amide bonds. The number of amides is 1. The van der Waals surface area contributed by atoms with Gasteiger partial charge in [0.25, 0.3) is 11.6 Å². The van der Waals surface area contributed by atoms with Gasteiger partial charge in [-0.25, -0.2) is 5.43 Å². The number of nitrogens with zero attached hydrogens (tertiary/aromatic N) is 2. The number of hydrogen-bond acceptors (Lipinski definition) is 5. The first-order valence-corrected chi connectivity index (χ1v) is 8.43. The average molecular weight is 439 g/mol. The Balaban J connectivity index is 1.76. The van der Waals surface area contributed by atoms with Gasteiger partial charge in [-0.2, -0.15) is 5.10 Å². The second kappa shape index (κ2) is 9.69. The summed E-state index contributed by atoms with van der Waals surface area (Å²) in [4.78, 5) is 21.7. The number of ether oxygens (including phenoxy) is 1. The van der Waals surface area contributed by atoms with Crippen LogP contribution < -0.4 is 10.2 Å². The molecule has 0 aromatic heterocycles. The summed E-state index contributed by atoms with van der Waals surface area (Å²) in [5.41, 5.74) is 3.11. The van der Waals surface area contributed by atoms with Gasteiger partial charge in [-0.3, -0.25) is 14.9 Å². The molecule has 0 saturated heterocycles. The Morgan fingerprint density at radius 2 is 2.04 bits per heavy atom. The van der Waals surface area contributed by atoms with Crippen molar-refractivity contribution >= 4 is 51.4 Å². The molecule has 2 aromatic carbocycles. The monoisotopic (exact) mass is 437 g/mol. The van der Waals surface area contributed by atoms with Gasteiger partial charge in [0.05, 0.1) is 9.40 Å². The molecule has 0 heterocycles. The predicted octanol–water partition coefficient (Wildman–Crippen LogP) is 4.20. The molecule has 9 heteroatoms. The number of allylic oxidation sites excluding steroid dienone is 1. The first-order valence-electron chi connectivity index (χ1n) is 7.26. The largest absolute Gasteiger partial charge is 0.483 e. The molecular formula is C17H13BrClN3O4. The maximum atomic E-state index is 11.6. The molecule has 2 aromatic rings. The number of hydrazone groups is 1. The maximum absolute atomic E-state index is 11.6. The molecule has 2 rings (SSSR count). The number of carbonyl (C=O) groups excluding carboxylic acids is 1. The maximum Gasteiger partial charge on any atom is 0.277 e. The molecule has 0 bridgehead atoms. The van der Waals surface area contributed by atoms with Crippen LogP contribution in [0.25, 0.3) is 6.08 Å². The Kier molecular flexibility index (Phi) is 7.31.